The summed E-state index contributed by atoms with van der Waals surface area (Å²) in [6.07, 6.45) is 5.75. The maximum Gasteiger partial charge on any atom is 0.237 e. The maximum absolute atomic E-state index is 11.7. The number of nitrogens with one attached hydrogen (secondary N) is 1. The van der Waals surface area contributed by atoms with E-state index in [0.717, 1.165) is 12.8 Å². The number of hydrogen-bond donors (Lipinski definition) is 4. The van der Waals surface area contributed by atoms with E-state index in [4.69, 9.17) is 5.84 Å². The van der Waals surface area contributed by atoms with Gasteiger partial charge in [-0.25, -0.2) is 5.84 Å². The minimum Gasteiger partial charge on any atom is -0.389 e. The van der Waals surface area contributed by atoms with E-state index in [1.807, 2.05) is 0 Å². The molecule has 1 saturated carbocycles. The normalized spacial score (nSPS) is 26.6. The van der Waals surface area contributed by atoms with Crippen molar-refractivity contribution in [3.8, 4) is 0 Å². The van der Waals surface area contributed by atoms with Gasteiger partial charge in [0, 0.05) is 17.7 Å². The van der Waals surface area contributed by atoms with E-state index in [9.17, 15) is 15.0 Å². The van der Waals surface area contributed by atoms with Gasteiger partial charge < -0.3 is 10.2 Å². The molecule has 0 aliphatic heterocycles. The van der Waals surface area contributed by atoms with Crippen LogP contribution in [0.4, 0.5) is 0 Å². The molecule has 0 spiro atoms. The van der Waals surface area contributed by atoms with Crippen LogP contribution in [0, 0.1) is 5.92 Å². The van der Waals surface area contributed by atoms with Crippen molar-refractivity contribution in [2.75, 3.05) is 0 Å². The summed E-state index contributed by atoms with van der Waals surface area (Å²) in [7, 11) is 0. The van der Waals surface area contributed by atoms with Gasteiger partial charge in [0.25, 0.3) is 0 Å². The highest BCUT2D eigenvalue weighted by atomic mass is 16.3. The molecule has 5 N–H and O–H groups in total. The molecule has 2 atom stereocenters. The third-order valence-electron chi connectivity index (χ3n) is 3.96. The van der Waals surface area contributed by atoms with Crippen LogP contribution in [-0.4, -0.2) is 31.5 Å². The number of nitrogens with two attached hydrogens (primary N) is 1. The first-order valence-electron chi connectivity index (χ1n) is 7.22. The van der Waals surface area contributed by atoms with Crippen molar-refractivity contribution in [2.24, 2.45) is 11.8 Å². The van der Waals surface area contributed by atoms with Gasteiger partial charge in [-0.05, 0) is 39.5 Å². The summed E-state index contributed by atoms with van der Waals surface area (Å²) in [4.78, 5) is 11.7. The van der Waals surface area contributed by atoms with Crippen molar-refractivity contribution in [2.45, 2.75) is 57.3 Å². The molecule has 1 fully saturated rings. The van der Waals surface area contributed by atoms with Crippen LogP contribution in [0.25, 0.3) is 0 Å². The second kappa shape index (κ2) is 5.75. The largest absolute Gasteiger partial charge is 0.389 e. The Morgan fingerprint density at radius 1 is 1.67 bits per heavy atom. The predicted octanol–water partition coefficient (Wildman–Crippen LogP) is 0.0217. The van der Waals surface area contributed by atoms with Gasteiger partial charge in [0.1, 0.15) is 0 Å². The van der Waals surface area contributed by atoms with Gasteiger partial charge in [0.15, 0.2) is 0 Å². The summed E-state index contributed by atoms with van der Waals surface area (Å²) >= 11 is 0. The van der Waals surface area contributed by atoms with Crippen molar-refractivity contribution in [3.63, 3.8) is 0 Å². The zero-order valence-electron chi connectivity index (χ0n) is 12.5. The van der Waals surface area contributed by atoms with Crippen LogP contribution in [0.5, 0.6) is 0 Å². The number of rotatable bonds is 4. The van der Waals surface area contributed by atoms with Gasteiger partial charge in [0.2, 0.25) is 5.91 Å². The van der Waals surface area contributed by atoms with Gasteiger partial charge in [-0.1, -0.05) is 0 Å². The van der Waals surface area contributed by atoms with Crippen molar-refractivity contribution in [3.05, 3.63) is 18.0 Å². The third kappa shape index (κ3) is 3.81. The summed E-state index contributed by atoms with van der Waals surface area (Å²) in [6.45, 7) is 3.74. The van der Waals surface area contributed by atoms with Crippen LogP contribution in [-0.2, 0) is 16.9 Å². The predicted molar refractivity (Wildman–Crippen MR) is 76.7 cm³/mol. The monoisotopic (exact) mass is 296 g/mol. The second-order valence-corrected chi connectivity index (χ2v) is 6.57. The van der Waals surface area contributed by atoms with Crippen LogP contribution >= 0.6 is 0 Å². The van der Waals surface area contributed by atoms with E-state index in [2.05, 4.69) is 10.5 Å². The Hall–Kier alpha value is -1.44. The van der Waals surface area contributed by atoms with Crippen molar-refractivity contribution in [1.82, 2.24) is 15.2 Å². The number of amides is 1. The standard InChI is InChI=1S/C14H24N4O3/c1-13(2,20)9-18-8-11(7-16-18)14(21)5-3-4-10(6-14)12(19)17-15/h7-8,10,20-21H,3-6,9,15H2,1-2H3,(H,17,19)/t10-,14-/m0/s1. The summed E-state index contributed by atoms with van der Waals surface area (Å²) < 4.78 is 1.61. The summed E-state index contributed by atoms with van der Waals surface area (Å²) in [6, 6.07) is 0. The Balaban J connectivity index is 2.14. The maximum atomic E-state index is 11.7. The van der Waals surface area contributed by atoms with Gasteiger partial charge in [-0.15, -0.1) is 0 Å². The van der Waals surface area contributed by atoms with Gasteiger partial charge >= 0.3 is 0 Å². The van der Waals surface area contributed by atoms with Gasteiger partial charge in [-0.3, -0.25) is 14.9 Å². The molecular formula is C14H24N4O3. The molecule has 118 valence electrons. The lowest BCUT2D eigenvalue weighted by Gasteiger charge is -2.35. The fourth-order valence-corrected chi connectivity index (χ4v) is 2.94. The number of hydrazine groups is 1. The van der Waals surface area contributed by atoms with E-state index in [-0.39, 0.29) is 11.8 Å². The number of nitrogens with zero attached hydrogens (tertiary/aromatic N) is 2. The van der Waals surface area contributed by atoms with Crippen molar-refractivity contribution in [1.29, 1.82) is 0 Å². The molecule has 21 heavy (non-hydrogen) atoms. The average Bonchev–Trinajstić information content (AvgIpc) is 2.85. The highest BCUT2D eigenvalue weighted by Crippen LogP contribution is 2.39. The van der Waals surface area contributed by atoms with Gasteiger partial charge in [-0.2, -0.15) is 5.10 Å². The van der Waals surface area contributed by atoms with Crippen LogP contribution in [0.2, 0.25) is 0 Å². The minimum atomic E-state index is -1.06. The summed E-state index contributed by atoms with van der Waals surface area (Å²) in [5, 5.41) is 24.8. The van der Waals surface area contributed by atoms with Crippen LogP contribution in [0.3, 0.4) is 0 Å². The van der Waals surface area contributed by atoms with Crippen molar-refractivity contribution < 1.29 is 15.0 Å². The fourth-order valence-electron chi connectivity index (χ4n) is 2.94. The van der Waals surface area contributed by atoms with E-state index in [1.165, 1.54) is 0 Å². The molecule has 1 heterocycles. The Morgan fingerprint density at radius 3 is 3.00 bits per heavy atom. The molecule has 1 aliphatic carbocycles. The Labute approximate surface area is 124 Å². The topological polar surface area (TPSA) is 113 Å². The second-order valence-electron chi connectivity index (χ2n) is 6.57. The summed E-state index contributed by atoms with van der Waals surface area (Å²) in [5.41, 5.74) is 0.901. The zero-order valence-corrected chi connectivity index (χ0v) is 12.5. The van der Waals surface area contributed by atoms with Crippen LogP contribution < -0.4 is 11.3 Å². The van der Waals surface area contributed by atoms with E-state index in [0.29, 0.717) is 24.9 Å². The SMILES string of the molecule is CC(C)(O)Cn1cc([C@]2(O)CCC[C@H](C(=O)NN)C2)cn1. The molecule has 7 nitrogen and oxygen atoms in total. The van der Waals surface area contributed by atoms with Crippen LogP contribution in [0.15, 0.2) is 12.4 Å². The molecule has 0 saturated heterocycles. The van der Waals surface area contributed by atoms with E-state index in [1.54, 1.807) is 30.9 Å². The molecular weight excluding hydrogens is 272 g/mol. The lowest BCUT2D eigenvalue weighted by molar-refractivity contribution is -0.130. The molecule has 0 bridgehead atoms. The number of aromatic nitrogens is 2. The fraction of sp³-hybridized carbons (Fsp3) is 0.714. The van der Waals surface area contributed by atoms with E-state index < -0.39 is 11.2 Å². The lowest BCUT2D eigenvalue weighted by atomic mass is 9.75. The first kappa shape index (κ1) is 15.9. The molecule has 1 aromatic heterocycles. The number of aliphatic hydroxyl groups is 2. The molecule has 2 rings (SSSR count). The Kier molecular flexibility index (Phi) is 4.36. The summed E-state index contributed by atoms with van der Waals surface area (Å²) in [5.74, 6) is 4.65. The molecule has 0 aromatic carbocycles. The molecule has 0 unspecified atom stereocenters. The number of carbonyl (C=O) groups is 1. The average molecular weight is 296 g/mol. The number of carbonyl (C=O) groups excluding carboxylic acids is 1. The first-order chi connectivity index (χ1) is 9.73. The highest BCUT2D eigenvalue weighted by molar-refractivity contribution is 5.78. The molecule has 1 aliphatic rings. The Bertz CT molecular complexity index is 509. The molecule has 0 radical (unpaired) electrons. The van der Waals surface area contributed by atoms with Crippen molar-refractivity contribution >= 4 is 5.91 Å². The number of hydrogen-bond acceptors (Lipinski definition) is 5. The van der Waals surface area contributed by atoms with Crippen LogP contribution in [0.1, 0.15) is 45.1 Å². The van der Waals surface area contributed by atoms with E-state index >= 15 is 0 Å². The third-order valence-corrected chi connectivity index (χ3v) is 3.96. The molecule has 7 heteroatoms. The van der Waals surface area contributed by atoms with Gasteiger partial charge in [0.05, 0.1) is 23.9 Å². The zero-order chi connectivity index (χ0) is 15.7. The first-order valence-corrected chi connectivity index (χ1v) is 7.22. The smallest absolute Gasteiger partial charge is 0.237 e. The minimum absolute atomic E-state index is 0.239. The Morgan fingerprint density at radius 2 is 2.38 bits per heavy atom. The molecule has 1 amide bonds. The molecule has 1 aromatic rings. The lowest BCUT2D eigenvalue weighted by Crippen LogP contribution is -2.42. The quantitative estimate of drug-likeness (QED) is 0.355. The highest BCUT2D eigenvalue weighted by Gasteiger charge is 2.39.